The summed E-state index contributed by atoms with van der Waals surface area (Å²) in [6.45, 7) is 2.03. The first-order valence-electron chi connectivity index (χ1n) is 7.59. The number of aliphatic hydroxyl groups excluding tert-OH is 1. The number of aliphatic hydroxyl groups is 1. The van der Waals surface area contributed by atoms with Crippen molar-refractivity contribution in [1.29, 1.82) is 0 Å². The number of ether oxygens (including phenoxy) is 1. The summed E-state index contributed by atoms with van der Waals surface area (Å²) in [6, 6.07) is 6.76. The van der Waals surface area contributed by atoms with Gasteiger partial charge in [0.25, 0.3) is 0 Å². The van der Waals surface area contributed by atoms with Crippen LogP contribution in [-0.2, 0) is 14.8 Å². The van der Waals surface area contributed by atoms with Gasteiger partial charge in [-0.3, -0.25) is 0 Å². The summed E-state index contributed by atoms with van der Waals surface area (Å²) in [5.41, 5.74) is 0.870. The Morgan fingerprint density at radius 1 is 1.18 bits per heavy atom. The SMILES string of the molecule is CN(c1ccc(S(=O)(=O)N2CCCC2)cc1)[C@@H]1COC[C@H]1O. The molecule has 1 aromatic rings. The summed E-state index contributed by atoms with van der Waals surface area (Å²) < 4.78 is 31.8. The third kappa shape index (κ3) is 2.86. The van der Waals surface area contributed by atoms with Crippen LogP contribution < -0.4 is 4.90 Å². The smallest absolute Gasteiger partial charge is 0.243 e. The summed E-state index contributed by atoms with van der Waals surface area (Å²) in [6.07, 6.45) is 1.34. The van der Waals surface area contributed by atoms with E-state index < -0.39 is 16.1 Å². The van der Waals surface area contributed by atoms with E-state index in [-0.39, 0.29) is 6.04 Å². The summed E-state index contributed by atoms with van der Waals surface area (Å²) in [4.78, 5) is 2.26. The quantitative estimate of drug-likeness (QED) is 0.880. The van der Waals surface area contributed by atoms with Gasteiger partial charge in [0.1, 0.15) is 0 Å². The van der Waals surface area contributed by atoms with Gasteiger partial charge in [-0.15, -0.1) is 0 Å². The van der Waals surface area contributed by atoms with Crippen LogP contribution in [0.4, 0.5) is 5.69 Å². The van der Waals surface area contributed by atoms with Gasteiger partial charge in [-0.05, 0) is 37.1 Å². The number of anilines is 1. The lowest BCUT2D eigenvalue weighted by Crippen LogP contribution is -2.40. The molecule has 2 atom stereocenters. The maximum atomic E-state index is 12.5. The van der Waals surface area contributed by atoms with Crippen LogP contribution in [0.25, 0.3) is 0 Å². The monoisotopic (exact) mass is 326 g/mol. The van der Waals surface area contributed by atoms with E-state index in [1.165, 1.54) is 0 Å². The van der Waals surface area contributed by atoms with Crippen LogP contribution in [0, 0.1) is 0 Å². The van der Waals surface area contributed by atoms with Gasteiger partial charge >= 0.3 is 0 Å². The van der Waals surface area contributed by atoms with E-state index in [4.69, 9.17) is 4.74 Å². The van der Waals surface area contributed by atoms with Crippen molar-refractivity contribution in [3.05, 3.63) is 24.3 Å². The van der Waals surface area contributed by atoms with E-state index in [2.05, 4.69) is 0 Å². The second-order valence-electron chi connectivity index (χ2n) is 5.89. The average Bonchev–Trinajstić information content (AvgIpc) is 3.18. The molecule has 0 radical (unpaired) electrons. The third-order valence-electron chi connectivity index (χ3n) is 4.47. The van der Waals surface area contributed by atoms with Gasteiger partial charge in [-0.2, -0.15) is 4.31 Å². The molecule has 7 heteroatoms. The Balaban J connectivity index is 1.77. The zero-order chi connectivity index (χ0) is 15.7. The molecule has 22 heavy (non-hydrogen) atoms. The Labute approximate surface area is 131 Å². The molecule has 2 aliphatic rings. The Kier molecular flexibility index (Phi) is 4.40. The normalized spacial score (nSPS) is 26.5. The molecule has 6 nitrogen and oxygen atoms in total. The first kappa shape index (κ1) is 15.7. The fourth-order valence-corrected chi connectivity index (χ4v) is 4.54. The van der Waals surface area contributed by atoms with E-state index in [9.17, 15) is 13.5 Å². The average molecular weight is 326 g/mol. The van der Waals surface area contributed by atoms with Crippen molar-refractivity contribution in [3.63, 3.8) is 0 Å². The zero-order valence-corrected chi connectivity index (χ0v) is 13.5. The predicted octanol–water partition coefficient (Wildman–Crippen LogP) is 0.667. The molecule has 1 aromatic carbocycles. The highest BCUT2D eigenvalue weighted by Crippen LogP contribution is 2.25. The minimum Gasteiger partial charge on any atom is -0.388 e. The number of benzene rings is 1. The van der Waals surface area contributed by atoms with Gasteiger partial charge in [0.05, 0.1) is 30.3 Å². The second-order valence-corrected chi connectivity index (χ2v) is 7.83. The van der Waals surface area contributed by atoms with Crippen molar-refractivity contribution >= 4 is 15.7 Å². The van der Waals surface area contributed by atoms with Gasteiger partial charge < -0.3 is 14.7 Å². The van der Waals surface area contributed by atoms with Crippen LogP contribution >= 0.6 is 0 Å². The van der Waals surface area contributed by atoms with Crippen LogP contribution in [0.2, 0.25) is 0 Å². The van der Waals surface area contributed by atoms with Gasteiger partial charge in [-0.25, -0.2) is 8.42 Å². The zero-order valence-electron chi connectivity index (χ0n) is 12.7. The standard InChI is InChI=1S/C15H22N2O4S/c1-16(14-10-21-11-15(14)18)12-4-6-13(7-5-12)22(19,20)17-8-2-3-9-17/h4-7,14-15,18H,2-3,8-11H2,1H3/t14-,15-/m1/s1. The molecule has 0 spiro atoms. The van der Waals surface area contributed by atoms with Crippen molar-refractivity contribution in [2.45, 2.75) is 29.9 Å². The molecule has 2 aliphatic heterocycles. The molecule has 3 rings (SSSR count). The van der Waals surface area contributed by atoms with Crippen molar-refractivity contribution < 1.29 is 18.3 Å². The molecular formula is C15H22N2O4S. The first-order valence-corrected chi connectivity index (χ1v) is 9.03. The summed E-state index contributed by atoms with van der Waals surface area (Å²) in [5, 5.41) is 9.88. The molecule has 2 heterocycles. The van der Waals surface area contributed by atoms with Crippen molar-refractivity contribution in [2.24, 2.45) is 0 Å². The van der Waals surface area contributed by atoms with Crippen LogP contribution in [-0.4, -0.2) is 63.3 Å². The van der Waals surface area contributed by atoms with E-state index in [0.717, 1.165) is 18.5 Å². The number of rotatable bonds is 4. The van der Waals surface area contributed by atoms with Crippen LogP contribution in [0.5, 0.6) is 0 Å². The lowest BCUT2D eigenvalue weighted by molar-refractivity contribution is 0.124. The fourth-order valence-electron chi connectivity index (χ4n) is 3.02. The molecule has 0 amide bonds. The lowest BCUT2D eigenvalue weighted by atomic mass is 10.1. The highest BCUT2D eigenvalue weighted by atomic mass is 32.2. The highest BCUT2D eigenvalue weighted by molar-refractivity contribution is 7.89. The summed E-state index contributed by atoms with van der Waals surface area (Å²) in [5.74, 6) is 0. The molecule has 0 saturated carbocycles. The summed E-state index contributed by atoms with van der Waals surface area (Å²) in [7, 11) is -1.49. The number of likely N-dealkylation sites (N-methyl/N-ethyl adjacent to an activating group) is 1. The minimum absolute atomic E-state index is 0.0963. The molecule has 0 aliphatic carbocycles. The van der Waals surface area contributed by atoms with Gasteiger partial charge in [0.15, 0.2) is 0 Å². The maximum Gasteiger partial charge on any atom is 0.243 e. The Morgan fingerprint density at radius 2 is 1.82 bits per heavy atom. The van der Waals surface area contributed by atoms with Gasteiger partial charge in [-0.1, -0.05) is 0 Å². The van der Waals surface area contributed by atoms with Crippen molar-refractivity contribution in [1.82, 2.24) is 4.31 Å². The van der Waals surface area contributed by atoms with Crippen LogP contribution in [0.1, 0.15) is 12.8 Å². The minimum atomic E-state index is -3.37. The molecule has 2 saturated heterocycles. The molecule has 1 N–H and O–H groups in total. The Morgan fingerprint density at radius 3 is 2.36 bits per heavy atom. The summed E-state index contributed by atoms with van der Waals surface area (Å²) >= 11 is 0. The number of hydrogen-bond acceptors (Lipinski definition) is 5. The number of hydrogen-bond donors (Lipinski definition) is 1. The molecule has 2 fully saturated rings. The van der Waals surface area contributed by atoms with Gasteiger partial charge in [0, 0.05) is 25.8 Å². The van der Waals surface area contributed by atoms with E-state index in [0.29, 0.717) is 31.2 Å². The van der Waals surface area contributed by atoms with Gasteiger partial charge in [0.2, 0.25) is 10.0 Å². The Hall–Kier alpha value is -1.15. The Bertz CT molecular complexity index is 611. The van der Waals surface area contributed by atoms with Crippen LogP contribution in [0.15, 0.2) is 29.2 Å². The van der Waals surface area contributed by atoms with Crippen LogP contribution in [0.3, 0.4) is 0 Å². The molecule has 0 aromatic heterocycles. The van der Waals surface area contributed by atoms with E-state index >= 15 is 0 Å². The van der Waals surface area contributed by atoms with Crippen molar-refractivity contribution in [3.8, 4) is 0 Å². The predicted molar refractivity (Wildman–Crippen MR) is 83.5 cm³/mol. The maximum absolute atomic E-state index is 12.5. The third-order valence-corrected chi connectivity index (χ3v) is 6.38. The number of sulfonamides is 1. The molecule has 0 bridgehead atoms. The molecule has 122 valence electrons. The van der Waals surface area contributed by atoms with Crippen molar-refractivity contribution in [2.75, 3.05) is 38.3 Å². The second kappa shape index (κ2) is 6.16. The van der Waals surface area contributed by atoms with E-state index in [1.807, 2.05) is 11.9 Å². The fraction of sp³-hybridized carbons (Fsp3) is 0.600. The largest absolute Gasteiger partial charge is 0.388 e. The first-order chi connectivity index (χ1) is 10.5. The topological polar surface area (TPSA) is 70.1 Å². The molecule has 0 unspecified atom stereocenters. The number of nitrogens with zero attached hydrogens (tertiary/aromatic N) is 2. The highest BCUT2D eigenvalue weighted by Gasteiger charge is 2.31. The molecular weight excluding hydrogens is 304 g/mol. The van der Waals surface area contributed by atoms with E-state index in [1.54, 1.807) is 28.6 Å². The lowest BCUT2D eigenvalue weighted by Gasteiger charge is -2.28.